The number of hydrogen-bond donors (Lipinski definition) is 0. The van der Waals surface area contributed by atoms with Gasteiger partial charge in [-0.2, -0.15) is 0 Å². The topological polar surface area (TPSA) is 0 Å². The molecule has 0 bridgehead atoms. The zero-order chi connectivity index (χ0) is 16.8. The fourth-order valence-electron chi connectivity index (χ4n) is 2.77. The minimum atomic E-state index is 0.595. The van der Waals surface area contributed by atoms with Crippen LogP contribution in [0.1, 0.15) is 42.0 Å². The van der Waals surface area contributed by atoms with Crippen molar-refractivity contribution >= 4 is 11.8 Å². The van der Waals surface area contributed by atoms with Gasteiger partial charge in [0.15, 0.2) is 0 Å². The van der Waals surface area contributed by atoms with Crippen LogP contribution in [-0.4, -0.2) is 0 Å². The minimum Gasteiger partial charge on any atom is -0.121 e. The van der Waals surface area contributed by atoms with Gasteiger partial charge in [0.1, 0.15) is 0 Å². The maximum absolute atomic E-state index is 2.34. The lowest BCUT2D eigenvalue weighted by atomic mass is 9.98. The first-order chi connectivity index (χ1) is 11.7. The predicted octanol–water partition coefficient (Wildman–Crippen LogP) is 6.69. The van der Waals surface area contributed by atoms with Crippen LogP contribution in [0.3, 0.4) is 0 Å². The molecule has 3 rings (SSSR count). The number of benzene rings is 3. The second-order valence-electron chi connectivity index (χ2n) is 6.49. The second kappa shape index (κ2) is 8.21. The Balaban J connectivity index is 1.64. The van der Waals surface area contributed by atoms with Gasteiger partial charge in [-0.3, -0.25) is 0 Å². The van der Waals surface area contributed by atoms with Crippen LogP contribution in [0.4, 0.5) is 0 Å². The summed E-state index contributed by atoms with van der Waals surface area (Å²) in [5.74, 6) is 1.61. The van der Waals surface area contributed by atoms with Crippen molar-refractivity contribution in [2.24, 2.45) is 0 Å². The summed E-state index contributed by atoms with van der Waals surface area (Å²) in [6.45, 7) is 4.48. The van der Waals surface area contributed by atoms with Gasteiger partial charge in [0, 0.05) is 10.6 Å². The molecule has 0 heterocycles. The molecule has 0 atom stereocenters. The monoisotopic (exact) mass is 332 g/mol. The van der Waals surface area contributed by atoms with Crippen molar-refractivity contribution in [2.45, 2.75) is 36.8 Å². The summed E-state index contributed by atoms with van der Waals surface area (Å²) in [5, 5.41) is 0. The summed E-state index contributed by atoms with van der Waals surface area (Å²) in [4.78, 5) is 1.33. The molecule has 0 aliphatic carbocycles. The molecule has 122 valence electrons. The lowest BCUT2D eigenvalue weighted by molar-refractivity contribution is 0.865. The SMILES string of the molecule is CC(C)c1ccc(Cc2cccc(CSc3ccccc3)c2)cc1. The lowest BCUT2D eigenvalue weighted by Crippen LogP contribution is -1.92. The van der Waals surface area contributed by atoms with E-state index in [-0.39, 0.29) is 0 Å². The molecule has 1 heteroatoms. The summed E-state index contributed by atoms with van der Waals surface area (Å²) in [6.07, 6.45) is 1.00. The molecule has 3 aromatic carbocycles. The van der Waals surface area contributed by atoms with E-state index in [1.165, 1.54) is 27.1 Å². The van der Waals surface area contributed by atoms with Crippen molar-refractivity contribution in [3.63, 3.8) is 0 Å². The summed E-state index contributed by atoms with van der Waals surface area (Å²) in [6, 6.07) is 28.6. The highest BCUT2D eigenvalue weighted by Crippen LogP contribution is 2.23. The minimum absolute atomic E-state index is 0.595. The van der Waals surface area contributed by atoms with E-state index in [1.54, 1.807) is 0 Å². The molecule has 0 radical (unpaired) electrons. The van der Waals surface area contributed by atoms with Crippen molar-refractivity contribution in [3.05, 3.63) is 101 Å². The fraction of sp³-hybridized carbons (Fsp3) is 0.217. The van der Waals surface area contributed by atoms with Gasteiger partial charge >= 0.3 is 0 Å². The predicted molar refractivity (Wildman–Crippen MR) is 106 cm³/mol. The van der Waals surface area contributed by atoms with Crippen molar-refractivity contribution in [1.82, 2.24) is 0 Å². The quantitative estimate of drug-likeness (QED) is 0.453. The molecule has 0 saturated heterocycles. The van der Waals surface area contributed by atoms with Gasteiger partial charge in [-0.05, 0) is 46.7 Å². The molecule has 0 saturated carbocycles. The maximum atomic E-state index is 2.34. The highest BCUT2D eigenvalue weighted by Gasteiger charge is 2.02. The zero-order valence-corrected chi connectivity index (χ0v) is 15.2. The van der Waals surface area contributed by atoms with Gasteiger partial charge in [-0.25, -0.2) is 0 Å². The van der Waals surface area contributed by atoms with Crippen molar-refractivity contribution in [2.75, 3.05) is 0 Å². The van der Waals surface area contributed by atoms with Gasteiger partial charge in [0.2, 0.25) is 0 Å². The van der Waals surface area contributed by atoms with Crippen molar-refractivity contribution in [3.8, 4) is 0 Å². The Hall–Kier alpha value is -1.99. The van der Waals surface area contributed by atoms with Crippen LogP contribution in [-0.2, 0) is 12.2 Å². The molecule has 0 aliphatic heterocycles. The van der Waals surface area contributed by atoms with Crippen molar-refractivity contribution < 1.29 is 0 Å². The molecule has 24 heavy (non-hydrogen) atoms. The Morgan fingerprint density at radius 1 is 0.708 bits per heavy atom. The Labute approximate surface area is 149 Å². The fourth-order valence-corrected chi connectivity index (χ4v) is 3.63. The van der Waals surface area contributed by atoms with E-state index in [9.17, 15) is 0 Å². The molecule has 3 aromatic rings. The smallest absolute Gasteiger partial charge is 0.0232 e. The summed E-state index contributed by atoms with van der Waals surface area (Å²) in [5.41, 5.74) is 5.57. The van der Waals surface area contributed by atoms with Gasteiger partial charge in [0.25, 0.3) is 0 Å². The first kappa shape index (κ1) is 16.9. The van der Waals surface area contributed by atoms with Crippen LogP contribution in [0.5, 0.6) is 0 Å². The maximum Gasteiger partial charge on any atom is 0.0232 e. The van der Waals surface area contributed by atoms with E-state index in [0.717, 1.165) is 12.2 Å². The molecule has 0 spiro atoms. The van der Waals surface area contributed by atoms with Crippen LogP contribution in [0.25, 0.3) is 0 Å². The molecule has 0 aromatic heterocycles. The third-order valence-electron chi connectivity index (χ3n) is 4.19. The first-order valence-electron chi connectivity index (χ1n) is 8.55. The standard InChI is InChI=1S/C23H24S/c1-18(2)22-13-11-19(12-14-22)15-20-7-6-8-21(16-20)17-24-23-9-4-3-5-10-23/h3-14,16,18H,15,17H2,1-2H3. The molecule has 0 aliphatic rings. The Morgan fingerprint density at radius 2 is 1.42 bits per heavy atom. The van der Waals surface area contributed by atoms with Gasteiger partial charge < -0.3 is 0 Å². The van der Waals surface area contributed by atoms with Gasteiger partial charge in [0.05, 0.1) is 0 Å². The molecule has 0 fully saturated rings. The van der Waals surface area contributed by atoms with Crippen LogP contribution in [0.15, 0.2) is 83.8 Å². The van der Waals surface area contributed by atoms with Crippen LogP contribution in [0, 0.1) is 0 Å². The average Bonchev–Trinajstić information content (AvgIpc) is 2.62. The normalized spacial score (nSPS) is 11.0. The van der Waals surface area contributed by atoms with E-state index in [4.69, 9.17) is 0 Å². The summed E-state index contributed by atoms with van der Waals surface area (Å²) < 4.78 is 0. The Bertz CT molecular complexity index is 758. The van der Waals surface area contributed by atoms with Crippen LogP contribution < -0.4 is 0 Å². The van der Waals surface area contributed by atoms with Crippen LogP contribution in [0.2, 0.25) is 0 Å². The third-order valence-corrected chi connectivity index (χ3v) is 5.28. The Kier molecular flexibility index (Phi) is 5.77. The average molecular weight is 333 g/mol. The molecule has 0 unspecified atom stereocenters. The highest BCUT2D eigenvalue weighted by atomic mass is 32.2. The third kappa shape index (κ3) is 4.75. The molecule has 0 N–H and O–H groups in total. The number of rotatable bonds is 6. The van der Waals surface area contributed by atoms with E-state index in [2.05, 4.69) is 92.7 Å². The lowest BCUT2D eigenvalue weighted by Gasteiger charge is -2.08. The molecule has 0 amide bonds. The van der Waals surface area contributed by atoms with E-state index < -0.39 is 0 Å². The number of hydrogen-bond acceptors (Lipinski definition) is 1. The molecular formula is C23H24S. The molecule has 0 nitrogen and oxygen atoms in total. The van der Waals surface area contributed by atoms with E-state index >= 15 is 0 Å². The summed E-state index contributed by atoms with van der Waals surface area (Å²) >= 11 is 1.89. The molecular weight excluding hydrogens is 308 g/mol. The number of thioether (sulfide) groups is 1. The van der Waals surface area contributed by atoms with E-state index in [0.29, 0.717) is 5.92 Å². The van der Waals surface area contributed by atoms with Gasteiger partial charge in [-0.15, -0.1) is 11.8 Å². The summed E-state index contributed by atoms with van der Waals surface area (Å²) in [7, 11) is 0. The van der Waals surface area contributed by atoms with Crippen molar-refractivity contribution in [1.29, 1.82) is 0 Å². The van der Waals surface area contributed by atoms with E-state index in [1.807, 2.05) is 11.8 Å². The largest absolute Gasteiger partial charge is 0.121 e. The Morgan fingerprint density at radius 3 is 2.12 bits per heavy atom. The first-order valence-corrected chi connectivity index (χ1v) is 9.54. The highest BCUT2D eigenvalue weighted by molar-refractivity contribution is 7.98. The van der Waals surface area contributed by atoms with Crippen LogP contribution >= 0.6 is 11.8 Å². The zero-order valence-electron chi connectivity index (χ0n) is 14.4. The second-order valence-corrected chi connectivity index (χ2v) is 7.54. The van der Waals surface area contributed by atoms with Gasteiger partial charge in [-0.1, -0.05) is 80.6 Å².